The highest BCUT2D eigenvalue weighted by molar-refractivity contribution is 6.31. The van der Waals surface area contributed by atoms with Gasteiger partial charge in [-0.25, -0.2) is 0 Å². The van der Waals surface area contributed by atoms with Crippen molar-refractivity contribution >= 4 is 28.2 Å². The highest BCUT2D eigenvalue weighted by Gasteiger charge is 2.02. The number of aromatic nitrogens is 1. The van der Waals surface area contributed by atoms with Crippen LogP contribution in [0.25, 0.3) is 10.9 Å². The molecule has 0 aliphatic rings. The molecule has 110 valence electrons. The van der Waals surface area contributed by atoms with Gasteiger partial charge in [-0.1, -0.05) is 35.4 Å². The highest BCUT2D eigenvalue weighted by Crippen LogP contribution is 2.27. The Morgan fingerprint density at radius 2 is 1.91 bits per heavy atom. The number of pyridine rings is 1. The maximum atomic E-state index is 5.99. The van der Waals surface area contributed by atoms with Crippen LogP contribution in [-0.4, -0.2) is 4.98 Å². The quantitative estimate of drug-likeness (QED) is 0.564. The van der Waals surface area contributed by atoms with Gasteiger partial charge in [0.2, 0.25) is 0 Å². The van der Waals surface area contributed by atoms with Crippen molar-refractivity contribution < 1.29 is 0 Å². The molecular formula is C18H16ClN3. The van der Waals surface area contributed by atoms with Gasteiger partial charge in [0, 0.05) is 16.6 Å². The third-order valence-electron chi connectivity index (χ3n) is 3.60. The van der Waals surface area contributed by atoms with Crippen molar-refractivity contribution in [3.05, 3.63) is 70.4 Å². The van der Waals surface area contributed by atoms with E-state index in [1.165, 1.54) is 16.7 Å². The lowest BCUT2D eigenvalue weighted by Gasteiger charge is -2.03. The summed E-state index contributed by atoms with van der Waals surface area (Å²) >= 11 is 5.99. The number of halogens is 1. The molecule has 0 spiro atoms. The van der Waals surface area contributed by atoms with Gasteiger partial charge in [-0.3, -0.25) is 4.98 Å². The first kappa shape index (κ1) is 14.7. The van der Waals surface area contributed by atoms with E-state index >= 15 is 0 Å². The molecule has 0 fully saturated rings. The average Bonchev–Trinajstić information content (AvgIpc) is 2.49. The Hall–Kier alpha value is -2.26. The van der Waals surface area contributed by atoms with Crippen LogP contribution in [0, 0.1) is 13.8 Å². The minimum Gasteiger partial charge on any atom is -0.256 e. The Bertz CT molecular complexity index is 856. The minimum atomic E-state index is 0.573. The molecule has 0 radical (unpaired) electrons. The van der Waals surface area contributed by atoms with Crippen molar-refractivity contribution in [2.45, 2.75) is 20.4 Å². The second kappa shape index (κ2) is 6.24. The molecular weight excluding hydrogens is 294 g/mol. The van der Waals surface area contributed by atoms with Crippen LogP contribution in [0.4, 0.5) is 5.69 Å². The molecule has 4 heteroatoms. The van der Waals surface area contributed by atoms with E-state index in [9.17, 15) is 0 Å². The van der Waals surface area contributed by atoms with E-state index in [0.717, 1.165) is 16.6 Å². The van der Waals surface area contributed by atoms with Crippen molar-refractivity contribution in [2.24, 2.45) is 10.2 Å². The third-order valence-corrected chi connectivity index (χ3v) is 3.83. The number of rotatable bonds is 3. The van der Waals surface area contributed by atoms with E-state index in [4.69, 9.17) is 11.6 Å². The van der Waals surface area contributed by atoms with Crippen LogP contribution >= 0.6 is 11.6 Å². The number of hydrogen-bond donors (Lipinski definition) is 0. The van der Waals surface area contributed by atoms with Crippen molar-refractivity contribution in [2.75, 3.05) is 0 Å². The Kier molecular flexibility index (Phi) is 4.16. The molecule has 3 nitrogen and oxygen atoms in total. The smallest absolute Gasteiger partial charge is 0.0961 e. The van der Waals surface area contributed by atoms with Crippen molar-refractivity contribution in [3.63, 3.8) is 0 Å². The predicted molar refractivity (Wildman–Crippen MR) is 90.9 cm³/mol. The molecule has 0 aliphatic heterocycles. The van der Waals surface area contributed by atoms with Crippen LogP contribution in [0.1, 0.15) is 16.7 Å². The van der Waals surface area contributed by atoms with Crippen LogP contribution in [0.2, 0.25) is 5.02 Å². The van der Waals surface area contributed by atoms with Gasteiger partial charge >= 0.3 is 0 Å². The minimum absolute atomic E-state index is 0.573. The van der Waals surface area contributed by atoms with Gasteiger partial charge in [0.1, 0.15) is 0 Å². The summed E-state index contributed by atoms with van der Waals surface area (Å²) in [5.74, 6) is 0. The molecule has 0 atom stereocenters. The SMILES string of the molecule is Cc1ccc(CN=Nc2ccnc3cc(Cl)ccc23)c(C)c1. The molecule has 1 aromatic heterocycles. The Balaban J connectivity index is 1.86. The van der Waals surface area contributed by atoms with Gasteiger partial charge < -0.3 is 0 Å². The molecule has 22 heavy (non-hydrogen) atoms. The van der Waals surface area contributed by atoms with Crippen LogP contribution in [0.3, 0.4) is 0 Å². The van der Waals surface area contributed by atoms with E-state index in [2.05, 4.69) is 47.3 Å². The summed E-state index contributed by atoms with van der Waals surface area (Å²) in [4.78, 5) is 4.31. The first-order valence-electron chi connectivity index (χ1n) is 7.11. The normalized spacial score (nSPS) is 11.4. The molecule has 1 heterocycles. The molecule has 0 bridgehead atoms. The Labute approximate surface area is 134 Å². The molecule has 3 aromatic rings. The van der Waals surface area contributed by atoms with Gasteiger partial charge in [-0.05, 0) is 49.2 Å². The van der Waals surface area contributed by atoms with Crippen LogP contribution in [0.5, 0.6) is 0 Å². The first-order chi connectivity index (χ1) is 10.6. The summed E-state index contributed by atoms with van der Waals surface area (Å²) in [6.45, 7) is 4.76. The number of benzene rings is 2. The molecule has 0 saturated heterocycles. The summed E-state index contributed by atoms with van der Waals surface area (Å²) < 4.78 is 0. The number of azo groups is 1. The molecule has 0 amide bonds. The molecule has 0 N–H and O–H groups in total. The van der Waals surface area contributed by atoms with Crippen molar-refractivity contribution in [1.29, 1.82) is 0 Å². The van der Waals surface area contributed by atoms with Crippen molar-refractivity contribution in [3.8, 4) is 0 Å². The lowest BCUT2D eigenvalue weighted by Crippen LogP contribution is -1.87. The Morgan fingerprint density at radius 3 is 2.73 bits per heavy atom. The fraction of sp³-hybridized carbons (Fsp3) is 0.167. The van der Waals surface area contributed by atoms with Gasteiger partial charge in [-0.2, -0.15) is 10.2 Å². The van der Waals surface area contributed by atoms with E-state index in [1.54, 1.807) is 6.20 Å². The van der Waals surface area contributed by atoms with Gasteiger partial charge in [0.15, 0.2) is 0 Å². The molecule has 3 rings (SSSR count). The number of aryl methyl sites for hydroxylation is 2. The maximum Gasteiger partial charge on any atom is 0.0961 e. The van der Waals surface area contributed by atoms with Crippen LogP contribution in [0.15, 0.2) is 58.9 Å². The average molecular weight is 310 g/mol. The van der Waals surface area contributed by atoms with Crippen molar-refractivity contribution in [1.82, 2.24) is 4.98 Å². The predicted octanol–water partition coefficient (Wildman–Crippen LogP) is 5.79. The molecule has 0 saturated carbocycles. The first-order valence-corrected chi connectivity index (χ1v) is 7.49. The largest absolute Gasteiger partial charge is 0.256 e. The number of hydrogen-bond acceptors (Lipinski definition) is 3. The fourth-order valence-electron chi connectivity index (χ4n) is 2.40. The lowest BCUT2D eigenvalue weighted by atomic mass is 10.1. The molecule has 0 unspecified atom stereocenters. The summed E-state index contributed by atoms with van der Waals surface area (Å²) in [5, 5.41) is 10.3. The monoisotopic (exact) mass is 309 g/mol. The maximum absolute atomic E-state index is 5.99. The zero-order valence-electron chi connectivity index (χ0n) is 12.5. The number of fused-ring (bicyclic) bond motifs is 1. The standard InChI is InChI=1S/C18H16ClN3/c1-12-3-4-14(13(2)9-12)11-21-22-17-7-8-20-18-10-15(19)5-6-16(17)18/h3-10H,11H2,1-2H3. The third kappa shape index (κ3) is 3.15. The van der Waals surface area contributed by atoms with Gasteiger partial charge in [0.05, 0.1) is 17.7 Å². The second-order valence-electron chi connectivity index (χ2n) is 5.32. The van der Waals surface area contributed by atoms with Crippen LogP contribution in [-0.2, 0) is 6.54 Å². The zero-order chi connectivity index (χ0) is 15.5. The van der Waals surface area contributed by atoms with Gasteiger partial charge in [0.25, 0.3) is 0 Å². The van der Waals surface area contributed by atoms with Gasteiger partial charge in [-0.15, -0.1) is 0 Å². The van der Waals surface area contributed by atoms with E-state index in [0.29, 0.717) is 11.6 Å². The number of nitrogens with zero attached hydrogens (tertiary/aromatic N) is 3. The fourth-order valence-corrected chi connectivity index (χ4v) is 2.57. The molecule has 0 aliphatic carbocycles. The van der Waals surface area contributed by atoms with E-state index in [-0.39, 0.29) is 0 Å². The van der Waals surface area contributed by atoms with E-state index in [1.807, 2.05) is 24.3 Å². The molecule has 2 aromatic carbocycles. The van der Waals surface area contributed by atoms with Crippen LogP contribution < -0.4 is 0 Å². The second-order valence-corrected chi connectivity index (χ2v) is 5.76. The summed E-state index contributed by atoms with van der Waals surface area (Å²) in [5.41, 5.74) is 5.33. The van der Waals surface area contributed by atoms with E-state index < -0.39 is 0 Å². The summed E-state index contributed by atoms with van der Waals surface area (Å²) in [7, 11) is 0. The topological polar surface area (TPSA) is 37.6 Å². The summed E-state index contributed by atoms with van der Waals surface area (Å²) in [6, 6.07) is 13.8. The highest BCUT2D eigenvalue weighted by atomic mass is 35.5. The zero-order valence-corrected chi connectivity index (χ0v) is 13.3. The lowest BCUT2D eigenvalue weighted by molar-refractivity contribution is 0.949. The Morgan fingerprint density at radius 1 is 1.05 bits per heavy atom. The summed E-state index contributed by atoms with van der Waals surface area (Å²) in [6.07, 6.45) is 1.73.